The molecule has 0 fully saturated rings. The Kier molecular flexibility index (Phi) is 4.86. The summed E-state index contributed by atoms with van der Waals surface area (Å²) in [6.07, 6.45) is 0. The van der Waals surface area contributed by atoms with Gasteiger partial charge in [0.2, 0.25) is 0 Å². The van der Waals surface area contributed by atoms with Gasteiger partial charge in [-0.1, -0.05) is 78.9 Å². The van der Waals surface area contributed by atoms with Crippen molar-refractivity contribution in [3.63, 3.8) is 0 Å². The lowest BCUT2D eigenvalue weighted by molar-refractivity contribution is 1.05. The summed E-state index contributed by atoms with van der Waals surface area (Å²) in [5, 5.41) is 5.21. The second-order valence-electron chi connectivity index (χ2n) is 9.05. The van der Waals surface area contributed by atoms with Gasteiger partial charge in [-0.05, 0) is 42.0 Å². The molecular formula is C32H23N3S. The van der Waals surface area contributed by atoms with Gasteiger partial charge in [-0.2, -0.15) is 0 Å². The van der Waals surface area contributed by atoms with Gasteiger partial charge >= 0.3 is 0 Å². The van der Waals surface area contributed by atoms with Crippen molar-refractivity contribution in [2.24, 2.45) is 10.7 Å². The molecule has 2 heterocycles. The summed E-state index contributed by atoms with van der Waals surface area (Å²) in [6, 6.07) is 40.7. The van der Waals surface area contributed by atoms with Gasteiger partial charge in [-0.15, -0.1) is 11.3 Å². The summed E-state index contributed by atoms with van der Waals surface area (Å²) in [4.78, 5) is 4.60. The minimum absolute atomic E-state index is 0.552. The van der Waals surface area contributed by atoms with Crippen LogP contribution < -0.4 is 5.73 Å². The molecule has 36 heavy (non-hydrogen) atoms. The first kappa shape index (κ1) is 20.9. The lowest BCUT2D eigenvalue weighted by atomic mass is 10.1. The number of aliphatic imine (C=N–C) groups is 1. The fraction of sp³-hybridized carbons (Fsp3) is 0.0312. The van der Waals surface area contributed by atoms with Crippen LogP contribution in [-0.2, 0) is 6.54 Å². The Labute approximate surface area is 212 Å². The normalized spacial score (nSPS) is 12.3. The van der Waals surface area contributed by atoms with Gasteiger partial charge in [-0.25, -0.2) is 0 Å². The van der Waals surface area contributed by atoms with Gasteiger partial charge in [0, 0.05) is 42.2 Å². The summed E-state index contributed by atoms with van der Waals surface area (Å²) in [5.74, 6) is 0.564. The van der Waals surface area contributed by atoms with Crippen LogP contribution in [0.25, 0.3) is 47.7 Å². The third kappa shape index (κ3) is 3.38. The van der Waals surface area contributed by atoms with Crippen molar-refractivity contribution in [2.75, 3.05) is 0 Å². The smallest absolute Gasteiger partial charge is 0.125 e. The Hall–Kier alpha value is -4.41. The van der Waals surface area contributed by atoms with E-state index in [-0.39, 0.29) is 0 Å². The van der Waals surface area contributed by atoms with Gasteiger partial charge < -0.3 is 10.3 Å². The molecule has 0 aliphatic heterocycles. The third-order valence-electron chi connectivity index (χ3n) is 6.87. The number of benzene rings is 5. The molecule has 0 saturated heterocycles. The number of nitrogens with zero attached hydrogens (tertiary/aromatic N) is 2. The van der Waals surface area contributed by atoms with Crippen LogP contribution in [0, 0.1) is 0 Å². The van der Waals surface area contributed by atoms with Crippen molar-refractivity contribution in [2.45, 2.75) is 6.54 Å². The van der Waals surface area contributed by atoms with Gasteiger partial charge in [0.05, 0.1) is 17.6 Å². The predicted molar refractivity (Wildman–Crippen MR) is 155 cm³/mol. The van der Waals surface area contributed by atoms with E-state index in [1.165, 1.54) is 42.0 Å². The van der Waals surface area contributed by atoms with Crippen LogP contribution in [0.15, 0.2) is 120 Å². The summed E-state index contributed by atoms with van der Waals surface area (Å²) >= 11 is 1.86. The molecule has 3 nitrogen and oxygen atoms in total. The molecule has 0 bridgehead atoms. The Bertz CT molecular complexity index is 1910. The molecule has 2 aromatic heterocycles. The highest BCUT2D eigenvalue weighted by Gasteiger charge is 2.15. The molecule has 7 aromatic rings. The van der Waals surface area contributed by atoms with Crippen LogP contribution >= 0.6 is 11.3 Å². The average molecular weight is 482 g/mol. The van der Waals surface area contributed by atoms with E-state index in [2.05, 4.69) is 94.5 Å². The maximum Gasteiger partial charge on any atom is 0.125 e. The molecule has 0 aliphatic rings. The quantitative estimate of drug-likeness (QED) is 0.200. The van der Waals surface area contributed by atoms with E-state index in [1.54, 1.807) is 0 Å². The Morgan fingerprint density at radius 2 is 1.36 bits per heavy atom. The SMILES string of the molecule is NC(=NCc1ccc(-n2c3ccccc3c3cc4c(cc32)sc2ccccc24)cc1)c1ccccc1. The first-order valence-corrected chi connectivity index (χ1v) is 12.9. The van der Waals surface area contributed by atoms with E-state index in [1.807, 2.05) is 41.7 Å². The Balaban J connectivity index is 1.33. The summed E-state index contributed by atoms with van der Waals surface area (Å²) in [7, 11) is 0. The van der Waals surface area contributed by atoms with Crippen molar-refractivity contribution in [1.29, 1.82) is 0 Å². The highest BCUT2D eigenvalue weighted by atomic mass is 32.1. The minimum atomic E-state index is 0.552. The number of para-hydroxylation sites is 1. The number of aromatic nitrogens is 1. The third-order valence-corrected chi connectivity index (χ3v) is 8.00. The van der Waals surface area contributed by atoms with E-state index in [0.717, 1.165) is 16.8 Å². The van der Waals surface area contributed by atoms with Crippen LogP contribution in [0.1, 0.15) is 11.1 Å². The highest BCUT2D eigenvalue weighted by Crippen LogP contribution is 2.40. The Morgan fingerprint density at radius 1 is 0.639 bits per heavy atom. The molecule has 0 amide bonds. The topological polar surface area (TPSA) is 43.3 Å². The number of rotatable bonds is 4. The second-order valence-corrected chi connectivity index (χ2v) is 10.1. The molecule has 172 valence electrons. The lowest BCUT2D eigenvalue weighted by Crippen LogP contribution is -2.13. The fourth-order valence-electron chi connectivity index (χ4n) is 5.09. The van der Waals surface area contributed by atoms with Crippen LogP contribution in [0.3, 0.4) is 0 Å². The van der Waals surface area contributed by atoms with E-state index >= 15 is 0 Å². The number of hydrogen-bond acceptors (Lipinski definition) is 2. The lowest BCUT2D eigenvalue weighted by Gasteiger charge is -2.09. The predicted octanol–water partition coefficient (Wildman–Crippen LogP) is 8.06. The maximum atomic E-state index is 6.19. The molecule has 0 unspecified atom stereocenters. The summed E-state index contributed by atoms with van der Waals surface area (Å²) < 4.78 is 5.02. The van der Waals surface area contributed by atoms with Crippen LogP contribution in [0.5, 0.6) is 0 Å². The molecule has 0 spiro atoms. The van der Waals surface area contributed by atoms with Gasteiger partial charge in [-0.3, -0.25) is 4.99 Å². The molecule has 4 heteroatoms. The maximum absolute atomic E-state index is 6.19. The number of hydrogen-bond donors (Lipinski definition) is 1. The van der Waals surface area contributed by atoms with Gasteiger partial charge in [0.25, 0.3) is 0 Å². The first-order chi connectivity index (χ1) is 17.8. The standard InChI is InChI=1S/C32H23N3S/c33-32(22-8-2-1-3-9-22)34-20-21-14-16-23(17-15-21)35-28-12-6-4-10-24(28)26-18-27-25-11-5-7-13-30(25)36-31(27)19-29(26)35/h1-19H,20H2,(H2,33,34). The average Bonchev–Trinajstić information content (AvgIpc) is 3.46. The summed E-state index contributed by atoms with van der Waals surface area (Å²) in [5.41, 5.74) is 11.9. The zero-order valence-corrected chi connectivity index (χ0v) is 20.4. The van der Waals surface area contributed by atoms with Crippen LogP contribution in [-0.4, -0.2) is 10.4 Å². The Morgan fingerprint density at radius 3 is 2.19 bits per heavy atom. The van der Waals surface area contributed by atoms with Crippen LogP contribution in [0.2, 0.25) is 0 Å². The highest BCUT2D eigenvalue weighted by molar-refractivity contribution is 7.25. The van der Waals surface area contributed by atoms with Crippen molar-refractivity contribution < 1.29 is 0 Å². The molecule has 0 aliphatic carbocycles. The zero-order chi connectivity index (χ0) is 24.1. The van der Waals surface area contributed by atoms with Gasteiger partial charge in [0.1, 0.15) is 5.84 Å². The van der Waals surface area contributed by atoms with Gasteiger partial charge in [0.15, 0.2) is 0 Å². The largest absolute Gasteiger partial charge is 0.383 e. The second kappa shape index (κ2) is 8.36. The van der Waals surface area contributed by atoms with E-state index in [9.17, 15) is 0 Å². The van der Waals surface area contributed by atoms with Crippen molar-refractivity contribution in [1.82, 2.24) is 4.57 Å². The fourth-order valence-corrected chi connectivity index (χ4v) is 6.21. The zero-order valence-electron chi connectivity index (χ0n) is 19.6. The summed E-state index contributed by atoms with van der Waals surface area (Å²) in [6.45, 7) is 0.552. The molecule has 5 aromatic carbocycles. The molecule has 0 atom stereocenters. The van der Waals surface area contributed by atoms with E-state index < -0.39 is 0 Å². The number of nitrogens with two attached hydrogens (primary N) is 1. The number of fused-ring (bicyclic) bond motifs is 6. The minimum Gasteiger partial charge on any atom is -0.383 e. The molecular weight excluding hydrogens is 458 g/mol. The first-order valence-electron chi connectivity index (χ1n) is 12.1. The van der Waals surface area contributed by atoms with Crippen molar-refractivity contribution in [3.05, 3.63) is 126 Å². The monoisotopic (exact) mass is 481 g/mol. The van der Waals surface area contributed by atoms with Crippen molar-refractivity contribution >= 4 is 59.2 Å². The molecule has 2 N–H and O–H groups in total. The molecule has 0 radical (unpaired) electrons. The molecule has 7 rings (SSSR count). The number of amidine groups is 1. The van der Waals surface area contributed by atoms with Crippen LogP contribution in [0.4, 0.5) is 0 Å². The van der Waals surface area contributed by atoms with E-state index in [4.69, 9.17) is 5.73 Å². The van der Waals surface area contributed by atoms with E-state index in [0.29, 0.717) is 12.4 Å². The number of thiophene rings is 1. The van der Waals surface area contributed by atoms with Crippen molar-refractivity contribution in [3.8, 4) is 5.69 Å². The molecule has 0 saturated carbocycles.